The third-order valence-electron chi connectivity index (χ3n) is 2.06. The highest BCUT2D eigenvalue weighted by atomic mass is 32.1. The third-order valence-corrected chi connectivity index (χ3v) is 2.61. The van der Waals surface area contributed by atoms with E-state index in [1.165, 1.54) is 11.5 Å². The fourth-order valence-electron chi connectivity index (χ4n) is 1.29. The summed E-state index contributed by atoms with van der Waals surface area (Å²) in [4.78, 5) is 0. The molecule has 5 nitrogen and oxygen atoms in total. The number of nitrogens with zero attached hydrogens (tertiary/aromatic N) is 4. The lowest BCUT2D eigenvalue weighted by molar-refractivity contribution is 0.448. The maximum atomic E-state index is 4.15. The third kappa shape index (κ3) is 3.10. The summed E-state index contributed by atoms with van der Waals surface area (Å²) in [6.07, 6.45) is 3.75. The van der Waals surface area contributed by atoms with Crippen LogP contribution in [0, 0.1) is 0 Å². The maximum absolute atomic E-state index is 4.15. The van der Waals surface area contributed by atoms with Crippen LogP contribution in [0.15, 0.2) is 23.8 Å². The molecule has 0 saturated heterocycles. The second-order valence-corrected chi connectivity index (χ2v) is 4.02. The first-order valence-corrected chi connectivity index (χ1v) is 5.65. The van der Waals surface area contributed by atoms with Crippen LogP contribution in [0.2, 0.25) is 0 Å². The Bertz CT molecular complexity index is 369. The van der Waals surface area contributed by atoms with Crippen molar-refractivity contribution in [2.24, 2.45) is 0 Å². The van der Waals surface area contributed by atoms with Gasteiger partial charge < -0.3 is 5.32 Å². The zero-order valence-electron chi connectivity index (χ0n) is 8.50. The average molecular weight is 223 g/mol. The first-order chi connectivity index (χ1) is 7.34. The zero-order valence-corrected chi connectivity index (χ0v) is 9.31. The highest BCUT2D eigenvalue weighted by Gasteiger charge is 2.03. The van der Waals surface area contributed by atoms with E-state index >= 15 is 0 Å². The Kier molecular flexibility index (Phi) is 3.41. The summed E-state index contributed by atoms with van der Waals surface area (Å²) in [6.45, 7) is 3.75. The van der Waals surface area contributed by atoms with Crippen LogP contribution >= 0.6 is 11.5 Å². The van der Waals surface area contributed by atoms with Gasteiger partial charge in [0.25, 0.3) is 0 Å². The van der Waals surface area contributed by atoms with Gasteiger partial charge in [-0.2, -0.15) is 5.10 Å². The molecular weight excluding hydrogens is 210 g/mol. The number of aromatic nitrogens is 4. The van der Waals surface area contributed by atoms with Crippen molar-refractivity contribution in [2.75, 3.05) is 0 Å². The first kappa shape index (κ1) is 10.3. The van der Waals surface area contributed by atoms with E-state index in [4.69, 9.17) is 0 Å². The van der Waals surface area contributed by atoms with Crippen LogP contribution in [0.3, 0.4) is 0 Å². The fourth-order valence-corrected chi connectivity index (χ4v) is 1.74. The quantitative estimate of drug-likeness (QED) is 0.818. The summed E-state index contributed by atoms with van der Waals surface area (Å²) in [5.41, 5.74) is 0.993. The molecule has 2 aromatic rings. The molecule has 0 radical (unpaired) electrons. The largest absolute Gasteiger partial charge is 0.307 e. The Morgan fingerprint density at radius 3 is 3.20 bits per heavy atom. The van der Waals surface area contributed by atoms with E-state index in [2.05, 4.69) is 26.9 Å². The number of nitrogens with one attached hydrogen (secondary N) is 1. The average Bonchev–Trinajstić information content (AvgIpc) is 2.86. The maximum Gasteiger partial charge on any atom is 0.0893 e. The molecular formula is C9H13N5S. The molecule has 15 heavy (non-hydrogen) atoms. The molecule has 80 valence electrons. The Morgan fingerprint density at radius 1 is 1.60 bits per heavy atom. The molecule has 0 aromatic carbocycles. The molecule has 1 N–H and O–H groups in total. The summed E-state index contributed by atoms with van der Waals surface area (Å²) in [5.74, 6) is 0. The van der Waals surface area contributed by atoms with Crippen molar-refractivity contribution in [3.8, 4) is 0 Å². The molecule has 2 aromatic heterocycles. The van der Waals surface area contributed by atoms with Gasteiger partial charge in [-0.05, 0) is 24.5 Å². The molecule has 2 rings (SSSR count). The Morgan fingerprint density at radius 2 is 2.53 bits per heavy atom. The van der Waals surface area contributed by atoms with Gasteiger partial charge in [-0.3, -0.25) is 4.68 Å². The summed E-state index contributed by atoms with van der Waals surface area (Å²) in [6, 6.07) is 2.29. The normalized spacial score (nSPS) is 12.9. The van der Waals surface area contributed by atoms with E-state index in [1.54, 1.807) is 6.20 Å². The van der Waals surface area contributed by atoms with Crippen LogP contribution < -0.4 is 5.32 Å². The lowest BCUT2D eigenvalue weighted by Crippen LogP contribution is -2.30. The van der Waals surface area contributed by atoms with Crippen LogP contribution in [-0.4, -0.2) is 25.4 Å². The van der Waals surface area contributed by atoms with E-state index in [0.29, 0.717) is 6.04 Å². The van der Waals surface area contributed by atoms with Crippen molar-refractivity contribution in [3.05, 3.63) is 29.5 Å². The van der Waals surface area contributed by atoms with Gasteiger partial charge in [0, 0.05) is 30.4 Å². The second-order valence-electron chi connectivity index (χ2n) is 3.41. The van der Waals surface area contributed by atoms with Crippen molar-refractivity contribution in [1.29, 1.82) is 0 Å². The van der Waals surface area contributed by atoms with Gasteiger partial charge in [0.15, 0.2) is 0 Å². The van der Waals surface area contributed by atoms with Crippen molar-refractivity contribution < 1.29 is 0 Å². The zero-order chi connectivity index (χ0) is 10.5. The van der Waals surface area contributed by atoms with Gasteiger partial charge in [0.05, 0.1) is 12.2 Å². The molecule has 0 aliphatic heterocycles. The standard InChI is InChI=1S/C9H13N5S/c1-8(6-14-4-2-3-11-14)10-5-9-7-15-13-12-9/h2-4,7-8,10H,5-6H2,1H3. The molecule has 1 unspecified atom stereocenters. The van der Waals surface area contributed by atoms with Gasteiger partial charge in [0.1, 0.15) is 0 Å². The van der Waals surface area contributed by atoms with Gasteiger partial charge >= 0.3 is 0 Å². The minimum absolute atomic E-state index is 0.367. The molecule has 1 atom stereocenters. The van der Waals surface area contributed by atoms with E-state index in [0.717, 1.165) is 18.8 Å². The van der Waals surface area contributed by atoms with Gasteiger partial charge in [-0.15, -0.1) is 5.10 Å². The molecule has 0 bridgehead atoms. The molecule has 0 saturated carbocycles. The van der Waals surface area contributed by atoms with Crippen molar-refractivity contribution >= 4 is 11.5 Å². The molecule has 0 fully saturated rings. The summed E-state index contributed by atoms with van der Waals surface area (Å²) in [5, 5.41) is 13.4. The molecule has 6 heteroatoms. The molecule has 2 heterocycles. The van der Waals surface area contributed by atoms with Gasteiger partial charge in [-0.1, -0.05) is 4.49 Å². The van der Waals surface area contributed by atoms with Crippen molar-refractivity contribution in [3.63, 3.8) is 0 Å². The smallest absolute Gasteiger partial charge is 0.0893 e. The van der Waals surface area contributed by atoms with Gasteiger partial charge in [-0.25, -0.2) is 0 Å². The SMILES string of the molecule is CC(Cn1cccn1)NCc1csnn1. The number of rotatable bonds is 5. The minimum atomic E-state index is 0.367. The monoisotopic (exact) mass is 223 g/mol. The predicted molar refractivity (Wildman–Crippen MR) is 58.4 cm³/mol. The van der Waals surface area contributed by atoms with Crippen LogP contribution in [-0.2, 0) is 13.1 Å². The molecule has 0 aliphatic rings. The van der Waals surface area contributed by atoms with Crippen LogP contribution in [0.5, 0.6) is 0 Å². The minimum Gasteiger partial charge on any atom is -0.307 e. The highest BCUT2D eigenvalue weighted by molar-refractivity contribution is 7.03. The van der Waals surface area contributed by atoms with Crippen LogP contribution in [0.4, 0.5) is 0 Å². The summed E-state index contributed by atoms with van der Waals surface area (Å²) < 4.78 is 5.72. The molecule has 0 spiro atoms. The number of hydrogen-bond donors (Lipinski definition) is 1. The van der Waals surface area contributed by atoms with E-state index in [9.17, 15) is 0 Å². The fraction of sp³-hybridized carbons (Fsp3) is 0.444. The van der Waals surface area contributed by atoms with E-state index in [1.807, 2.05) is 22.3 Å². The lowest BCUT2D eigenvalue weighted by Gasteiger charge is -2.12. The number of hydrogen-bond acceptors (Lipinski definition) is 5. The Balaban J connectivity index is 1.76. The second kappa shape index (κ2) is 4.99. The Hall–Kier alpha value is -1.27. The van der Waals surface area contributed by atoms with Crippen LogP contribution in [0.1, 0.15) is 12.6 Å². The van der Waals surface area contributed by atoms with E-state index in [-0.39, 0.29) is 0 Å². The van der Waals surface area contributed by atoms with E-state index < -0.39 is 0 Å². The van der Waals surface area contributed by atoms with Crippen LogP contribution in [0.25, 0.3) is 0 Å². The van der Waals surface area contributed by atoms with Crippen molar-refractivity contribution in [1.82, 2.24) is 24.7 Å². The lowest BCUT2D eigenvalue weighted by atomic mass is 10.3. The predicted octanol–water partition coefficient (Wildman–Crippen LogP) is 0.913. The summed E-state index contributed by atoms with van der Waals surface area (Å²) >= 11 is 1.38. The van der Waals surface area contributed by atoms with Crippen molar-refractivity contribution in [2.45, 2.75) is 26.1 Å². The topological polar surface area (TPSA) is 55.6 Å². The highest BCUT2D eigenvalue weighted by Crippen LogP contribution is 1.97. The first-order valence-electron chi connectivity index (χ1n) is 4.81. The summed E-state index contributed by atoms with van der Waals surface area (Å²) in [7, 11) is 0. The molecule has 0 aliphatic carbocycles. The van der Waals surface area contributed by atoms with Gasteiger partial charge in [0.2, 0.25) is 0 Å². The molecule has 0 amide bonds. The Labute approximate surface area is 92.3 Å².